The molecule has 1 rings (SSSR count). The van der Waals surface area contributed by atoms with Gasteiger partial charge in [-0.2, -0.15) is 0 Å². The maximum absolute atomic E-state index is 11.9. The topological polar surface area (TPSA) is 71.3 Å². The lowest BCUT2D eigenvalue weighted by molar-refractivity contribution is -0.122. The quantitative estimate of drug-likeness (QED) is 0.764. The number of nitrogens with zero attached hydrogens (tertiary/aromatic N) is 1. The van der Waals surface area contributed by atoms with Gasteiger partial charge >= 0.3 is 4.87 Å². The normalized spacial score (nSPS) is 11.6. The Morgan fingerprint density at radius 3 is 2.55 bits per heavy atom. The fraction of sp³-hybridized carbons (Fsp3) is 0.714. The van der Waals surface area contributed by atoms with Gasteiger partial charge in [-0.15, -0.1) is 0 Å². The minimum atomic E-state index is -0.231. The molecule has 0 saturated heterocycles. The summed E-state index contributed by atoms with van der Waals surface area (Å²) >= 11 is 1.15. The Labute approximate surface area is 123 Å². The van der Waals surface area contributed by atoms with E-state index >= 15 is 0 Å². The highest BCUT2D eigenvalue weighted by Crippen LogP contribution is 2.24. The lowest BCUT2D eigenvalue weighted by atomic mass is 9.83. The molecule has 1 amide bonds. The molecule has 0 aliphatic rings. The summed E-state index contributed by atoms with van der Waals surface area (Å²) in [6.07, 6.45) is 1.93. The Bertz CT molecular complexity index is 481. The second-order valence-corrected chi connectivity index (χ2v) is 6.01. The zero-order chi connectivity index (χ0) is 15.2. The van der Waals surface area contributed by atoms with Gasteiger partial charge in [0.1, 0.15) is 0 Å². The first-order chi connectivity index (χ1) is 9.48. The molecular weight excluding hydrogens is 276 g/mol. The molecule has 0 saturated carbocycles. The van der Waals surface area contributed by atoms with Crippen LogP contribution >= 0.6 is 11.3 Å². The average molecular weight is 300 g/mol. The molecule has 1 aromatic heterocycles. The second kappa shape index (κ2) is 7.59. The third-order valence-corrected chi connectivity index (χ3v) is 4.92. The minimum Gasteiger partial charge on any atom is -0.396 e. The van der Waals surface area contributed by atoms with Crippen molar-refractivity contribution in [2.45, 2.75) is 46.6 Å². The zero-order valence-corrected chi connectivity index (χ0v) is 13.3. The van der Waals surface area contributed by atoms with Crippen LogP contribution < -0.4 is 10.2 Å². The van der Waals surface area contributed by atoms with Gasteiger partial charge in [-0.1, -0.05) is 25.2 Å². The lowest BCUT2D eigenvalue weighted by Crippen LogP contribution is -2.39. The van der Waals surface area contributed by atoms with Crippen LogP contribution in [0.3, 0.4) is 0 Å². The number of rotatable bonds is 8. The summed E-state index contributed by atoms with van der Waals surface area (Å²) in [7, 11) is 0. The van der Waals surface area contributed by atoms with E-state index in [0.717, 1.165) is 29.9 Å². The zero-order valence-electron chi connectivity index (χ0n) is 12.4. The molecule has 6 heteroatoms. The number of aliphatic hydroxyl groups is 1. The van der Waals surface area contributed by atoms with Crippen LogP contribution in [0, 0.1) is 12.3 Å². The number of carbonyl (C=O) groups is 1. The van der Waals surface area contributed by atoms with E-state index < -0.39 is 0 Å². The maximum atomic E-state index is 11.9. The smallest absolute Gasteiger partial charge is 0.307 e. The van der Waals surface area contributed by atoms with Gasteiger partial charge in [-0.3, -0.25) is 9.59 Å². The van der Waals surface area contributed by atoms with E-state index in [4.69, 9.17) is 0 Å². The molecular formula is C14H24N2O3S. The van der Waals surface area contributed by atoms with Crippen LogP contribution in [0.1, 0.15) is 38.8 Å². The molecule has 1 aromatic rings. The molecule has 114 valence electrons. The molecule has 20 heavy (non-hydrogen) atoms. The van der Waals surface area contributed by atoms with Crippen molar-refractivity contribution in [2.24, 2.45) is 5.41 Å². The molecule has 1 heterocycles. The summed E-state index contributed by atoms with van der Waals surface area (Å²) in [4.78, 5) is 23.4. The number of hydrogen-bond donors (Lipinski definition) is 2. The van der Waals surface area contributed by atoms with Gasteiger partial charge in [0.15, 0.2) is 0 Å². The van der Waals surface area contributed by atoms with Crippen LogP contribution in [0.25, 0.3) is 0 Å². The number of aryl methyl sites for hydroxylation is 1. The molecule has 0 radical (unpaired) electrons. The van der Waals surface area contributed by atoms with Crippen LogP contribution in [0.5, 0.6) is 0 Å². The first-order valence-electron chi connectivity index (χ1n) is 7.00. The van der Waals surface area contributed by atoms with Gasteiger partial charge in [0.05, 0.1) is 6.61 Å². The van der Waals surface area contributed by atoms with Gasteiger partial charge in [-0.05, 0) is 19.8 Å². The summed E-state index contributed by atoms with van der Waals surface area (Å²) in [5.41, 5.74) is 0.657. The molecule has 0 spiro atoms. The van der Waals surface area contributed by atoms with E-state index in [0.29, 0.717) is 13.1 Å². The van der Waals surface area contributed by atoms with Crippen LogP contribution in [-0.4, -0.2) is 28.7 Å². The predicted molar refractivity (Wildman–Crippen MR) is 81.0 cm³/mol. The number of aromatic nitrogens is 1. The van der Waals surface area contributed by atoms with Crippen molar-refractivity contribution in [3.8, 4) is 0 Å². The monoisotopic (exact) mass is 300 g/mol. The van der Waals surface area contributed by atoms with E-state index in [1.54, 1.807) is 9.95 Å². The number of nitrogens with one attached hydrogen (secondary N) is 1. The SMILES string of the molecule is CCC(CC)(CO)CNC(=O)CCn1c(C)csc1=O. The van der Waals surface area contributed by atoms with Crippen molar-refractivity contribution in [3.05, 3.63) is 20.7 Å². The first kappa shape index (κ1) is 16.9. The van der Waals surface area contributed by atoms with Gasteiger partial charge in [0.25, 0.3) is 0 Å². The van der Waals surface area contributed by atoms with E-state index in [1.165, 1.54) is 0 Å². The number of carbonyl (C=O) groups excluding carboxylic acids is 1. The predicted octanol–water partition coefficient (Wildman–Crippen LogP) is 1.52. The van der Waals surface area contributed by atoms with Crippen LogP contribution in [0.15, 0.2) is 10.2 Å². The molecule has 2 N–H and O–H groups in total. The Kier molecular flexibility index (Phi) is 6.42. The average Bonchev–Trinajstić information content (AvgIpc) is 2.78. The Morgan fingerprint density at radius 1 is 1.45 bits per heavy atom. The van der Waals surface area contributed by atoms with Crippen molar-refractivity contribution in [2.75, 3.05) is 13.2 Å². The van der Waals surface area contributed by atoms with Crippen molar-refractivity contribution >= 4 is 17.2 Å². The van der Waals surface area contributed by atoms with E-state index in [9.17, 15) is 14.7 Å². The molecule has 5 nitrogen and oxygen atoms in total. The van der Waals surface area contributed by atoms with Gasteiger partial charge in [0, 0.05) is 36.0 Å². The van der Waals surface area contributed by atoms with Gasteiger partial charge in [-0.25, -0.2) is 0 Å². The Morgan fingerprint density at radius 2 is 2.10 bits per heavy atom. The Balaban J connectivity index is 2.47. The Hall–Kier alpha value is -1.14. The summed E-state index contributed by atoms with van der Waals surface area (Å²) in [5, 5.41) is 14.1. The van der Waals surface area contributed by atoms with E-state index in [-0.39, 0.29) is 29.2 Å². The lowest BCUT2D eigenvalue weighted by Gasteiger charge is -2.29. The molecule has 0 atom stereocenters. The highest BCUT2D eigenvalue weighted by molar-refractivity contribution is 7.07. The maximum Gasteiger partial charge on any atom is 0.307 e. The molecule has 0 bridgehead atoms. The molecule has 0 aliphatic heterocycles. The third kappa shape index (κ3) is 4.18. The van der Waals surface area contributed by atoms with E-state index in [1.807, 2.05) is 20.8 Å². The molecule has 0 aromatic carbocycles. The van der Waals surface area contributed by atoms with Crippen molar-refractivity contribution in [1.29, 1.82) is 0 Å². The van der Waals surface area contributed by atoms with Crippen molar-refractivity contribution < 1.29 is 9.90 Å². The number of thiazole rings is 1. The summed E-state index contributed by atoms with van der Waals surface area (Å²) in [6, 6.07) is 0. The number of aliphatic hydroxyl groups excluding tert-OH is 1. The fourth-order valence-corrected chi connectivity index (χ4v) is 2.80. The van der Waals surface area contributed by atoms with Crippen molar-refractivity contribution in [1.82, 2.24) is 9.88 Å². The molecule has 0 unspecified atom stereocenters. The summed E-state index contributed by atoms with van der Waals surface area (Å²) < 4.78 is 1.61. The molecule has 0 aliphatic carbocycles. The van der Waals surface area contributed by atoms with Gasteiger partial charge in [0.2, 0.25) is 5.91 Å². The third-order valence-electron chi connectivity index (χ3n) is 4.03. The van der Waals surface area contributed by atoms with E-state index in [2.05, 4.69) is 5.32 Å². The first-order valence-corrected chi connectivity index (χ1v) is 7.88. The summed E-state index contributed by atoms with van der Waals surface area (Å²) in [6.45, 7) is 6.85. The highest BCUT2D eigenvalue weighted by Gasteiger charge is 2.25. The van der Waals surface area contributed by atoms with Crippen molar-refractivity contribution in [3.63, 3.8) is 0 Å². The number of hydrogen-bond acceptors (Lipinski definition) is 4. The standard InChI is InChI=1S/C14H24N2O3S/c1-4-14(5-2,10-17)9-15-12(18)6-7-16-11(3)8-20-13(16)19/h8,17H,4-7,9-10H2,1-3H3,(H,15,18). The largest absolute Gasteiger partial charge is 0.396 e. The highest BCUT2D eigenvalue weighted by atomic mass is 32.1. The summed E-state index contributed by atoms with van der Waals surface area (Å²) in [5.74, 6) is -0.0813. The molecule has 0 fully saturated rings. The van der Waals surface area contributed by atoms with Gasteiger partial charge < -0.3 is 15.0 Å². The van der Waals surface area contributed by atoms with Crippen LogP contribution in [0.4, 0.5) is 0 Å². The number of amides is 1. The minimum absolute atomic E-state index is 0.0258. The van der Waals surface area contributed by atoms with Crippen LogP contribution in [0.2, 0.25) is 0 Å². The fourth-order valence-electron chi connectivity index (χ4n) is 2.04. The van der Waals surface area contributed by atoms with Crippen LogP contribution in [-0.2, 0) is 11.3 Å². The second-order valence-electron chi connectivity index (χ2n) is 5.19.